The van der Waals surface area contributed by atoms with E-state index in [1.807, 2.05) is 0 Å². The van der Waals surface area contributed by atoms with Gasteiger partial charge in [0.15, 0.2) is 17.1 Å². The molecule has 136 valence electrons. The third kappa shape index (κ3) is 4.27. The second kappa shape index (κ2) is 7.09. The van der Waals surface area contributed by atoms with Crippen molar-refractivity contribution in [2.45, 2.75) is 36.8 Å². The molecule has 1 saturated carbocycles. The van der Waals surface area contributed by atoms with Crippen LogP contribution in [0, 0.1) is 0 Å². The maximum absolute atomic E-state index is 11.8. The van der Waals surface area contributed by atoms with Gasteiger partial charge in [-0.25, -0.2) is 9.59 Å². The minimum Gasteiger partial charge on any atom is -0.504 e. The summed E-state index contributed by atoms with van der Waals surface area (Å²) in [5.74, 6) is -3.24. The molecule has 0 aliphatic heterocycles. The molecule has 0 bridgehead atoms. The minimum absolute atomic E-state index is 0.327. The maximum atomic E-state index is 11.8. The minimum atomic E-state index is -2.31. The predicted molar refractivity (Wildman–Crippen MR) is 82.5 cm³/mol. The Kier molecular flexibility index (Phi) is 5.31. The van der Waals surface area contributed by atoms with Crippen LogP contribution in [0.25, 0.3) is 6.08 Å². The number of aliphatic hydroxyl groups is 3. The van der Waals surface area contributed by atoms with Crippen LogP contribution >= 0.6 is 0 Å². The van der Waals surface area contributed by atoms with E-state index in [9.17, 15) is 35.1 Å². The van der Waals surface area contributed by atoms with Gasteiger partial charge in [-0.1, -0.05) is 6.07 Å². The van der Waals surface area contributed by atoms with Gasteiger partial charge in [-0.3, -0.25) is 0 Å². The number of rotatable bonds is 4. The molecular formula is C16H18O9. The lowest BCUT2D eigenvalue weighted by Gasteiger charge is -2.39. The van der Waals surface area contributed by atoms with E-state index in [-0.39, 0.29) is 11.5 Å². The Morgan fingerprint density at radius 3 is 2.44 bits per heavy atom. The highest BCUT2D eigenvalue weighted by molar-refractivity contribution is 5.87. The number of aliphatic hydroxyl groups excluding tert-OH is 2. The Bertz CT molecular complexity index is 699. The Morgan fingerprint density at radius 1 is 1.16 bits per heavy atom. The summed E-state index contributed by atoms with van der Waals surface area (Å²) in [5, 5.41) is 57.0. The number of aliphatic carboxylic acids is 1. The fourth-order valence-corrected chi connectivity index (χ4v) is 2.53. The van der Waals surface area contributed by atoms with Crippen molar-refractivity contribution in [1.29, 1.82) is 0 Å². The van der Waals surface area contributed by atoms with Gasteiger partial charge in [0.2, 0.25) is 0 Å². The molecule has 2 rings (SSSR count). The zero-order valence-electron chi connectivity index (χ0n) is 12.9. The van der Waals surface area contributed by atoms with E-state index in [2.05, 4.69) is 0 Å². The van der Waals surface area contributed by atoms with Crippen LogP contribution in [0.3, 0.4) is 0 Å². The molecule has 0 saturated heterocycles. The number of carbonyl (C=O) groups excluding carboxylic acids is 1. The first kappa shape index (κ1) is 18.7. The Balaban J connectivity index is 2.06. The highest BCUT2D eigenvalue weighted by Crippen LogP contribution is 2.31. The average molecular weight is 354 g/mol. The molecule has 0 radical (unpaired) electrons. The molecule has 9 nitrogen and oxygen atoms in total. The number of phenolic OH excluding ortho intramolecular Hbond substituents is 2. The topological polar surface area (TPSA) is 165 Å². The number of carbonyl (C=O) groups is 2. The standard InChI is InChI=1S/C16H18O9/c17-9-3-1-8(5-10(9)18)2-4-13(20)25-12-7-16(24,15(22)23)6-11(19)14(12)21/h1-5,11-12,14,17-19,21,24H,6-7H2,(H,22,23)/t11?,12-,14?,16?/m1/s1. The van der Waals surface area contributed by atoms with Crippen LogP contribution in [0.2, 0.25) is 0 Å². The van der Waals surface area contributed by atoms with Crippen molar-refractivity contribution >= 4 is 18.0 Å². The van der Waals surface area contributed by atoms with Gasteiger partial charge in [-0.2, -0.15) is 0 Å². The number of phenols is 2. The van der Waals surface area contributed by atoms with Crippen LogP contribution in [-0.4, -0.2) is 66.5 Å². The molecule has 1 aromatic rings. The van der Waals surface area contributed by atoms with Crippen LogP contribution < -0.4 is 0 Å². The van der Waals surface area contributed by atoms with Crippen LogP contribution in [0.1, 0.15) is 18.4 Å². The molecule has 0 aromatic heterocycles. The van der Waals surface area contributed by atoms with Crippen molar-refractivity contribution < 1.29 is 45.0 Å². The van der Waals surface area contributed by atoms with E-state index in [1.165, 1.54) is 24.3 Å². The highest BCUT2D eigenvalue weighted by atomic mass is 16.6. The predicted octanol–water partition coefficient (Wildman–Crippen LogP) is -0.646. The summed E-state index contributed by atoms with van der Waals surface area (Å²) in [5.41, 5.74) is -1.94. The second-order valence-corrected chi connectivity index (χ2v) is 5.86. The monoisotopic (exact) mass is 354 g/mol. The summed E-state index contributed by atoms with van der Waals surface area (Å²) < 4.78 is 4.92. The lowest BCUT2D eigenvalue weighted by Crippen LogP contribution is -2.57. The Hall–Kier alpha value is -2.62. The summed E-state index contributed by atoms with van der Waals surface area (Å²) in [4.78, 5) is 22.9. The molecule has 6 N–H and O–H groups in total. The quantitative estimate of drug-likeness (QED) is 0.234. The van der Waals surface area contributed by atoms with Gasteiger partial charge in [-0.15, -0.1) is 0 Å². The molecule has 0 heterocycles. The zero-order chi connectivity index (χ0) is 18.8. The third-order valence-corrected chi connectivity index (χ3v) is 3.94. The van der Waals surface area contributed by atoms with Crippen molar-refractivity contribution in [2.75, 3.05) is 0 Å². The van der Waals surface area contributed by atoms with Gasteiger partial charge in [0.1, 0.15) is 12.2 Å². The fourth-order valence-electron chi connectivity index (χ4n) is 2.53. The molecule has 1 aliphatic rings. The molecular weight excluding hydrogens is 336 g/mol. The second-order valence-electron chi connectivity index (χ2n) is 5.86. The first-order chi connectivity index (χ1) is 11.6. The summed E-state index contributed by atoms with van der Waals surface area (Å²) in [6.07, 6.45) is -3.44. The summed E-state index contributed by atoms with van der Waals surface area (Å²) in [7, 11) is 0. The number of ether oxygens (including phenoxy) is 1. The summed E-state index contributed by atoms with van der Waals surface area (Å²) >= 11 is 0. The molecule has 4 atom stereocenters. The maximum Gasteiger partial charge on any atom is 0.335 e. The highest BCUT2D eigenvalue weighted by Gasteiger charge is 2.50. The van der Waals surface area contributed by atoms with Gasteiger partial charge in [-0.05, 0) is 23.8 Å². The van der Waals surface area contributed by atoms with Crippen molar-refractivity contribution in [1.82, 2.24) is 0 Å². The smallest absolute Gasteiger partial charge is 0.335 e. The van der Waals surface area contributed by atoms with E-state index < -0.39 is 48.7 Å². The van der Waals surface area contributed by atoms with Gasteiger partial charge in [0.25, 0.3) is 0 Å². The van der Waals surface area contributed by atoms with E-state index in [0.29, 0.717) is 5.56 Å². The first-order valence-electron chi connectivity index (χ1n) is 7.35. The van der Waals surface area contributed by atoms with E-state index >= 15 is 0 Å². The zero-order valence-corrected chi connectivity index (χ0v) is 12.9. The lowest BCUT2D eigenvalue weighted by atomic mass is 9.79. The molecule has 3 unspecified atom stereocenters. The summed E-state index contributed by atoms with van der Waals surface area (Å²) in [6, 6.07) is 3.83. The number of benzene rings is 1. The molecule has 1 fully saturated rings. The normalized spacial score (nSPS) is 29.5. The first-order valence-corrected chi connectivity index (χ1v) is 7.35. The molecule has 9 heteroatoms. The summed E-state index contributed by atoms with van der Waals surface area (Å²) in [6.45, 7) is 0. The molecule has 25 heavy (non-hydrogen) atoms. The van der Waals surface area contributed by atoms with E-state index in [1.54, 1.807) is 0 Å². The number of carboxylic acid groups (broad SMARTS) is 1. The SMILES string of the molecule is O=C(C=Cc1ccc(O)c(O)c1)O[C@@H]1CC(O)(C(=O)O)CC(O)C1O. The van der Waals surface area contributed by atoms with Gasteiger partial charge < -0.3 is 35.4 Å². The lowest BCUT2D eigenvalue weighted by molar-refractivity contribution is -0.196. The number of aromatic hydroxyl groups is 2. The van der Waals surface area contributed by atoms with Crippen molar-refractivity contribution in [3.8, 4) is 11.5 Å². The van der Waals surface area contributed by atoms with Crippen molar-refractivity contribution in [3.63, 3.8) is 0 Å². The van der Waals surface area contributed by atoms with Gasteiger partial charge in [0.05, 0.1) is 6.10 Å². The number of hydrogen-bond donors (Lipinski definition) is 6. The van der Waals surface area contributed by atoms with Gasteiger partial charge >= 0.3 is 11.9 Å². The molecule has 0 amide bonds. The third-order valence-electron chi connectivity index (χ3n) is 3.94. The molecule has 1 aliphatic carbocycles. The van der Waals surface area contributed by atoms with Gasteiger partial charge in [0, 0.05) is 18.9 Å². The number of hydrogen-bond acceptors (Lipinski definition) is 8. The van der Waals surface area contributed by atoms with Crippen LogP contribution in [-0.2, 0) is 14.3 Å². The van der Waals surface area contributed by atoms with Crippen LogP contribution in [0.15, 0.2) is 24.3 Å². The van der Waals surface area contributed by atoms with Crippen molar-refractivity contribution in [2.24, 2.45) is 0 Å². The van der Waals surface area contributed by atoms with Crippen LogP contribution in [0.5, 0.6) is 11.5 Å². The molecule has 1 aromatic carbocycles. The van der Waals surface area contributed by atoms with E-state index in [0.717, 1.165) is 6.08 Å². The Morgan fingerprint density at radius 2 is 1.84 bits per heavy atom. The fraction of sp³-hybridized carbons (Fsp3) is 0.375. The molecule has 0 spiro atoms. The van der Waals surface area contributed by atoms with E-state index in [4.69, 9.17) is 9.84 Å². The van der Waals surface area contributed by atoms with Crippen LogP contribution in [0.4, 0.5) is 0 Å². The number of esters is 1. The Labute approximate surface area is 142 Å². The largest absolute Gasteiger partial charge is 0.504 e. The van der Waals surface area contributed by atoms with Crippen molar-refractivity contribution in [3.05, 3.63) is 29.8 Å². The average Bonchev–Trinajstić information content (AvgIpc) is 2.53. The number of carboxylic acids is 1.